The average Bonchev–Trinajstić information content (AvgIpc) is 2.88. The molecule has 2 fully saturated rings. The van der Waals surface area contributed by atoms with Crippen molar-refractivity contribution in [2.24, 2.45) is 0 Å². The van der Waals surface area contributed by atoms with E-state index in [-0.39, 0.29) is 5.72 Å². The normalized spacial score (nSPS) is 24.7. The maximum absolute atomic E-state index is 12.5. The molecule has 19 heavy (non-hydrogen) atoms. The average molecular weight is 345 g/mol. The van der Waals surface area contributed by atoms with E-state index in [1.165, 1.54) is 0 Å². The minimum atomic E-state index is -1.07. The fraction of sp³-hybridized carbons (Fsp3) is 0.538. The zero-order valence-electron chi connectivity index (χ0n) is 10.6. The van der Waals surface area contributed by atoms with Crippen LogP contribution < -0.4 is 5.32 Å². The van der Waals surface area contributed by atoms with Gasteiger partial charge in [-0.25, -0.2) is 8.51 Å². The largest absolute Gasteiger partial charge is 0.359 e. The summed E-state index contributed by atoms with van der Waals surface area (Å²) in [5, 5.41) is 3.42. The molecule has 0 aliphatic carbocycles. The van der Waals surface area contributed by atoms with Gasteiger partial charge in [-0.3, -0.25) is 5.32 Å². The fourth-order valence-corrected chi connectivity index (χ4v) is 4.06. The number of benzene rings is 1. The number of ether oxygens (including phenoxy) is 1. The summed E-state index contributed by atoms with van der Waals surface area (Å²) < 4.78 is 21.3. The lowest BCUT2D eigenvalue weighted by molar-refractivity contribution is -0.0440. The first-order valence-corrected chi connectivity index (χ1v) is 8.40. The topological polar surface area (TPSA) is 41.6 Å². The third-order valence-corrected chi connectivity index (χ3v) is 5.75. The Morgan fingerprint density at radius 2 is 1.95 bits per heavy atom. The van der Waals surface area contributed by atoms with Crippen LogP contribution in [0.5, 0.6) is 0 Å². The highest BCUT2D eigenvalue weighted by atomic mass is 79.9. The first-order valence-electron chi connectivity index (χ1n) is 6.50. The van der Waals surface area contributed by atoms with Crippen molar-refractivity contribution in [1.29, 1.82) is 0 Å². The summed E-state index contributed by atoms with van der Waals surface area (Å²) in [6.45, 7) is 3.32. The van der Waals surface area contributed by atoms with Gasteiger partial charge in [0.15, 0.2) is 0 Å². The summed E-state index contributed by atoms with van der Waals surface area (Å²) in [7, 11) is -1.07. The van der Waals surface area contributed by atoms with Crippen molar-refractivity contribution < 1.29 is 8.95 Å². The van der Waals surface area contributed by atoms with Crippen LogP contribution in [0.25, 0.3) is 0 Å². The van der Waals surface area contributed by atoms with E-state index in [1.807, 2.05) is 28.6 Å². The van der Waals surface area contributed by atoms with Crippen LogP contribution in [0.4, 0.5) is 0 Å². The number of piperidine rings is 1. The predicted octanol–water partition coefficient (Wildman–Crippen LogP) is 1.88. The van der Waals surface area contributed by atoms with Crippen LogP contribution in [0, 0.1) is 0 Å². The second-order valence-electron chi connectivity index (χ2n) is 4.90. The summed E-state index contributed by atoms with van der Waals surface area (Å²) in [6.07, 6.45) is 1.80. The monoisotopic (exact) mass is 344 g/mol. The lowest BCUT2D eigenvalue weighted by atomic mass is 10.0. The maximum atomic E-state index is 12.5. The number of nitrogens with one attached hydrogen (secondary N) is 1. The van der Waals surface area contributed by atoms with Crippen LogP contribution in [-0.2, 0) is 15.7 Å². The zero-order chi connectivity index (χ0) is 13.3. The number of nitrogens with zero attached hydrogens (tertiary/aromatic N) is 1. The van der Waals surface area contributed by atoms with Crippen LogP contribution >= 0.6 is 15.9 Å². The molecular weight excluding hydrogens is 328 g/mol. The minimum absolute atomic E-state index is 0.152. The number of rotatable bonds is 2. The fourth-order valence-electron chi connectivity index (χ4n) is 2.61. The van der Waals surface area contributed by atoms with E-state index >= 15 is 0 Å². The van der Waals surface area contributed by atoms with Crippen molar-refractivity contribution >= 4 is 26.9 Å². The van der Waals surface area contributed by atoms with Crippen LogP contribution in [0.1, 0.15) is 12.8 Å². The van der Waals surface area contributed by atoms with Crippen molar-refractivity contribution in [3.8, 4) is 0 Å². The molecule has 1 spiro atoms. The van der Waals surface area contributed by atoms with Gasteiger partial charge in [-0.1, -0.05) is 15.9 Å². The highest BCUT2D eigenvalue weighted by Crippen LogP contribution is 2.28. The summed E-state index contributed by atoms with van der Waals surface area (Å²) in [5.41, 5.74) is -0.152. The van der Waals surface area contributed by atoms with Crippen LogP contribution in [0.15, 0.2) is 33.6 Å². The first kappa shape index (κ1) is 13.7. The van der Waals surface area contributed by atoms with Gasteiger partial charge < -0.3 is 4.74 Å². The molecule has 4 nitrogen and oxygen atoms in total. The van der Waals surface area contributed by atoms with E-state index < -0.39 is 11.0 Å². The number of hydrogen-bond acceptors (Lipinski definition) is 3. The Hall–Kier alpha value is -0.270. The molecule has 1 N–H and O–H groups in total. The van der Waals surface area contributed by atoms with E-state index in [0.29, 0.717) is 0 Å². The Bertz CT molecular complexity index is 464. The summed E-state index contributed by atoms with van der Waals surface area (Å²) in [6, 6.07) is 7.68. The van der Waals surface area contributed by atoms with Gasteiger partial charge in [0.1, 0.15) is 16.7 Å². The Kier molecular flexibility index (Phi) is 4.05. The molecule has 1 atom stereocenters. The van der Waals surface area contributed by atoms with Crippen LogP contribution in [0.2, 0.25) is 0 Å². The third-order valence-electron chi connectivity index (χ3n) is 3.71. The molecule has 0 radical (unpaired) electrons. The smallest absolute Gasteiger partial charge is 0.127 e. The Labute approximate surface area is 124 Å². The van der Waals surface area contributed by atoms with E-state index in [4.69, 9.17) is 4.74 Å². The lowest BCUT2D eigenvalue weighted by Crippen LogP contribution is -2.51. The predicted molar refractivity (Wildman–Crippen MR) is 78.0 cm³/mol. The summed E-state index contributed by atoms with van der Waals surface area (Å²) >= 11 is 3.39. The van der Waals surface area contributed by atoms with E-state index in [9.17, 15) is 4.21 Å². The Morgan fingerprint density at radius 3 is 2.53 bits per heavy atom. The van der Waals surface area contributed by atoms with Gasteiger partial charge in [0.05, 0.1) is 11.5 Å². The van der Waals surface area contributed by atoms with Gasteiger partial charge in [0.25, 0.3) is 0 Å². The summed E-state index contributed by atoms with van der Waals surface area (Å²) in [5.74, 6) is 0. The quantitative estimate of drug-likeness (QED) is 0.890. The highest BCUT2D eigenvalue weighted by molar-refractivity contribution is 9.10. The van der Waals surface area contributed by atoms with E-state index in [1.54, 1.807) is 0 Å². The molecule has 2 heterocycles. The van der Waals surface area contributed by atoms with Crippen molar-refractivity contribution in [3.63, 3.8) is 0 Å². The molecule has 6 heteroatoms. The third kappa shape index (κ3) is 2.92. The highest BCUT2D eigenvalue weighted by Gasteiger charge is 2.39. The Morgan fingerprint density at radius 1 is 1.26 bits per heavy atom. The van der Waals surface area contributed by atoms with Gasteiger partial charge in [-0.15, -0.1) is 0 Å². The molecule has 1 unspecified atom stereocenters. The molecule has 1 aromatic carbocycles. The molecule has 0 saturated carbocycles. The van der Waals surface area contributed by atoms with Gasteiger partial charge in [-0.2, -0.15) is 0 Å². The number of halogens is 1. The molecule has 0 bridgehead atoms. The SMILES string of the molecule is O=S(c1ccc(Br)cc1)N1CCC2(CC1)NCCO2. The van der Waals surface area contributed by atoms with Crippen molar-refractivity contribution in [1.82, 2.24) is 9.62 Å². The van der Waals surface area contributed by atoms with Gasteiger partial charge in [0, 0.05) is 36.9 Å². The van der Waals surface area contributed by atoms with Crippen molar-refractivity contribution in [3.05, 3.63) is 28.7 Å². The molecule has 0 amide bonds. The lowest BCUT2D eigenvalue weighted by Gasteiger charge is -2.37. The van der Waals surface area contributed by atoms with Crippen molar-refractivity contribution in [2.75, 3.05) is 26.2 Å². The van der Waals surface area contributed by atoms with Gasteiger partial charge >= 0.3 is 0 Å². The second-order valence-corrected chi connectivity index (χ2v) is 7.30. The first-order chi connectivity index (χ1) is 9.19. The van der Waals surface area contributed by atoms with Gasteiger partial charge in [-0.05, 0) is 24.3 Å². The molecule has 3 rings (SSSR count). The molecule has 0 aromatic heterocycles. The standard InChI is InChI=1S/C13H17BrN2O2S/c14-11-1-3-12(4-2-11)19(17)16-8-5-13(6-9-16)15-7-10-18-13/h1-4,15H,5-10H2. The van der Waals surface area contributed by atoms with Gasteiger partial charge in [0.2, 0.25) is 0 Å². The van der Waals surface area contributed by atoms with E-state index in [2.05, 4.69) is 21.2 Å². The molecule has 2 aliphatic rings. The van der Waals surface area contributed by atoms with Crippen LogP contribution in [-0.4, -0.2) is 40.5 Å². The molecule has 104 valence electrons. The molecule has 2 saturated heterocycles. The summed E-state index contributed by atoms with van der Waals surface area (Å²) in [4.78, 5) is 0.861. The van der Waals surface area contributed by atoms with Crippen molar-refractivity contribution in [2.45, 2.75) is 23.5 Å². The minimum Gasteiger partial charge on any atom is -0.359 e. The van der Waals surface area contributed by atoms with E-state index in [0.717, 1.165) is 48.5 Å². The molecular formula is C13H17BrN2O2S. The second kappa shape index (κ2) is 5.61. The zero-order valence-corrected chi connectivity index (χ0v) is 13.0. The maximum Gasteiger partial charge on any atom is 0.127 e. The van der Waals surface area contributed by atoms with Crippen LogP contribution in [0.3, 0.4) is 0 Å². The Balaban J connectivity index is 1.64. The molecule has 2 aliphatic heterocycles. The number of hydrogen-bond donors (Lipinski definition) is 1. The molecule has 1 aromatic rings.